The summed E-state index contributed by atoms with van der Waals surface area (Å²) in [4.78, 5) is 11.0. The molecule has 3 rings (SSSR count). The number of benzene rings is 2. The van der Waals surface area contributed by atoms with Crippen LogP contribution in [0, 0.1) is 0 Å². The van der Waals surface area contributed by atoms with Crippen LogP contribution in [-0.4, -0.2) is 29.2 Å². The molecule has 0 saturated heterocycles. The van der Waals surface area contributed by atoms with Gasteiger partial charge in [0.05, 0.1) is 5.52 Å². The number of para-hydroxylation sites is 1. The van der Waals surface area contributed by atoms with E-state index in [0.717, 1.165) is 22.4 Å². The first-order valence-corrected chi connectivity index (χ1v) is 6.63. The Hall–Kier alpha value is -2.82. The van der Waals surface area contributed by atoms with Crippen LogP contribution in [0.5, 0.6) is 5.75 Å². The first-order chi connectivity index (χ1) is 10.1. The summed E-state index contributed by atoms with van der Waals surface area (Å²) in [6.07, 6.45) is 0. The molecule has 106 valence electrons. The zero-order valence-electron chi connectivity index (χ0n) is 11.9. The van der Waals surface area contributed by atoms with Crippen LogP contribution in [0.1, 0.15) is 0 Å². The van der Waals surface area contributed by atoms with E-state index in [1.807, 2.05) is 43.3 Å². The summed E-state index contributed by atoms with van der Waals surface area (Å²) in [5.41, 5.74) is 1.71. The molecule has 1 heterocycles. The summed E-state index contributed by atoms with van der Waals surface area (Å²) in [7, 11) is 3.91. The van der Waals surface area contributed by atoms with Crippen molar-refractivity contribution in [2.75, 3.05) is 24.3 Å². The molecule has 0 aliphatic carbocycles. The highest BCUT2D eigenvalue weighted by Gasteiger charge is 2.09. The maximum atomic E-state index is 9.32. The van der Waals surface area contributed by atoms with E-state index in [0.29, 0.717) is 5.95 Å². The van der Waals surface area contributed by atoms with E-state index in [1.165, 1.54) is 0 Å². The van der Waals surface area contributed by atoms with E-state index in [1.54, 1.807) is 24.3 Å². The molecule has 2 N–H and O–H groups in total. The summed E-state index contributed by atoms with van der Waals surface area (Å²) in [6, 6.07) is 14.7. The Morgan fingerprint density at radius 3 is 2.38 bits per heavy atom. The molecular formula is C16H16N4O. The number of anilines is 3. The summed E-state index contributed by atoms with van der Waals surface area (Å²) >= 11 is 0. The van der Waals surface area contributed by atoms with E-state index in [4.69, 9.17) is 0 Å². The molecule has 0 saturated carbocycles. The fraction of sp³-hybridized carbons (Fsp3) is 0.125. The number of rotatable bonds is 3. The molecule has 2 aromatic carbocycles. The van der Waals surface area contributed by atoms with Gasteiger partial charge in [0.25, 0.3) is 0 Å². The molecule has 21 heavy (non-hydrogen) atoms. The third-order valence-electron chi connectivity index (χ3n) is 3.13. The van der Waals surface area contributed by atoms with E-state index in [2.05, 4.69) is 15.3 Å². The van der Waals surface area contributed by atoms with Crippen LogP contribution in [0.15, 0.2) is 48.5 Å². The first kappa shape index (κ1) is 13.2. The Balaban J connectivity index is 2.04. The number of aromatic nitrogens is 2. The summed E-state index contributed by atoms with van der Waals surface area (Å²) in [5.74, 6) is 1.62. The van der Waals surface area contributed by atoms with Gasteiger partial charge in [-0.1, -0.05) is 12.1 Å². The van der Waals surface area contributed by atoms with Crippen molar-refractivity contribution in [1.29, 1.82) is 0 Å². The van der Waals surface area contributed by atoms with Crippen molar-refractivity contribution in [3.8, 4) is 5.75 Å². The molecule has 0 bridgehead atoms. The van der Waals surface area contributed by atoms with Gasteiger partial charge in [0.2, 0.25) is 5.95 Å². The Morgan fingerprint density at radius 1 is 0.952 bits per heavy atom. The number of hydrogen-bond acceptors (Lipinski definition) is 5. The second kappa shape index (κ2) is 5.28. The van der Waals surface area contributed by atoms with Crippen molar-refractivity contribution in [1.82, 2.24) is 9.97 Å². The maximum absolute atomic E-state index is 9.32. The number of fused-ring (bicyclic) bond motifs is 1. The molecule has 5 heteroatoms. The molecule has 1 aromatic heterocycles. The third kappa shape index (κ3) is 2.72. The monoisotopic (exact) mass is 280 g/mol. The minimum Gasteiger partial charge on any atom is -0.508 e. The van der Waals surface area contributed by atoms with Gasteiger partial charge in [-0.15, -0.1) is 0 Å². The average Bonchev–Trinajstić information content (AvgIpc) is 2.48. The zero-order valence-corrected chi connectivity index (χ0v) is 11.9. The number of aromatic hydroxyl groups is 1. The topological polar surface area (TPSA) is 61.3 Å². The lowest BCUT2D eigenvalue weighted by Gasteiger charge is -2.15. The molecule has 0 spiro atoms. The van der Waals surface area contributed by atoms with Gasteiger partial charge in [0.1, 0.15) is 11.6 Å². The highest BCUT2D eigenvalue weighted by molar-refractivity contribution is 5.90. The predicted octanol–water partition coefficient (Wildman–Crippen LogP) is 3.15. The number of phenolic OH excluding ortho intramolecular Hbond substituents is 1. The van der Waals surface area contributed by atoms with Crippen LogP contribution in [0.3, 0.4) is 0 Å². The van der Waals surface area contributed by atoms with E-state index in [-0.39, 0.29) is 5.75 Å². The predicted molar refractivity (Wildman–Crippen MR) is 85.3 cm³/mol. The molecular weight excluding hydrogens is 264 g/mol. The molecule has 0 aliphatic rings. The molecule has 0 amide bonds. The first-order valence-electron chi connectivity index (χ1n) is 6.63. The van der Waals surface area contributed by atoms with Crippen LogP contribution in [0.25, 0.3) is 10.9 Å². The van der Waals surface area contributed by atoms with Crippen molar-refractivity contribution in [3.05, 3.63) is 48.5 Å². The number of hydrogen-bond donors (Lipinski definition) is 2. The Morgan fingerprint density at radius 2 is 1.67 bits per heavy atom. The minimum atomic E-state index is 0.231. The smallest absolute Gasteiger partial charge is 0.229 e. The van der Waals surface area contributed by atoms with E-state index >= 15 is 0 Å². The highest BCUT2D eigenvalue weighted by atomic mass is 16.3. The third-order valence-corrected chi connectivity index (χ3v) is 3.13. The molecule has 5 nitrogen and oxygen atoms in total. The fourth-order valence-corrected chi connectivity index (χ4v) is 2.13. The molecule has 0 aliphatic heterocycles. The lowest BCUT2D eigenvalue weighted by Crippen LogP contribution is -2.13. The summed E-state index contributed by atoms with van der Waals surface area (Å²) in [5, 5.41) is 13.5. The minimum absolute atomic E-state index is 0.231. The van der Waals surface area contributed by atoms with Crippen molar-refractivity contribution in [2.45, 2.75) is 0 Å². The van der Waals surface area contributed by atoms with Gasteiger partial charge in [-0.2, -0.15) is 4.98 Å². The SMILES string of the molecule is CN(C)c1nc(Nc2ccc(O)cc2)nc2ccccc12. The van der Waals surface area contributed by atoms with Gasteiger partial charge >= 0.3 is 0 Å². The van der Waals surface area contributed by atoms with Crippen LogP contribution in [0.2, 0.25) is 0 Å². The fourth-order valence-electron chi connectivity index (χ4n) is 2.13. The molecule has 0 unspecified atom stereocenters. The average molecular weight is 280 g/mol. The molecule has 3 aromatic rings. The van der Waals surface area contributed by atoms with Gasteiger partial charge in [0, 0.05) is 25.2 Å². The van der Waals surface area contributed by atoms with Crippen molar-refractivity contribution >= 4 is 28.4 Å². The molecule has 0 atom stereocenters. The lowest BCUT2D eigenvalue weighted by molar-refractivity contribution is 0.475. The quantitative estimate of drug-likeness (QED) is 0.722. The Kier molecular flexibility index (Phi) is 3.31. The molecule has 0 fully saturated rings. The van der Waals surface area contributed by atoms with Gasteiger partial charge in [0.15, 0.2) is 0 Å². The molecule has 0 radical (unpaired) electrons. The number of nitrogens with one attached hydrogen (secondary N) is 1. The normalized spacial score (nSPS) is 10.6. The van der Waals surface area contributed by atoms with Crippen molar-refractivity contribution in [2.24, 2.45) is 0 Å². The summed E-state index contributed by atoms with van der Waals surface area (Å²) < 4.78 is 0. The van der Waals surface area contributed by atoms with Gasteiger partial charge in [-0.25, -0.2) is 4.98 Å². The Bertz CT molecular complexity index is 769. The largest absolute Gasteiger partial charge is 0.508 e. The maximum Gasteiger partial charge on any atom is 0.229 e. The lowest BCUT2D eigenvalue weighted by atomic mass is 10.2. The van der Waals surface area contributed by atoms with Crippen molar-refractivity contribution < 1.29 is 5.11 Å². The highest BCUT2D eigenvalue weighted by Crippen LogP contribution is 2.25. The van der Waals surface area contributed by atoms with Crippen molar-refractivity contribution in [3.63, 3.8) is 0 Å². The second-order valence-corrected chi connectivity index (χ2v) is 4.95. The zero-order chi connectivity index (χ0) is 14.8. The van der Waals surface area contributed by atoms with Gasteiger partial charge < -0.3 is 15.3 Å². The standard InChI is InChI=1S/C16H16N4O/c1-20(2)15-13-5-3-4-6-14(13)18-16(19-15)17-11-7-9-12(21)10-8-11/h3-10,21H,1-2H3,(H,17,18,19). The van der Waals surface area contributed by atoms with Crippen LogP contribution in [-0.2, 0) is 0 Å². The number of nitrogens with zero attached hydrogens (tertiary/aromatic N) is 3. The van der Waals surface area contributed by atoms with Gasteiger partial charge in [-0.05, 0) is 36.4 Å². The number of phenols is 1. The summed E-state index contributed by atoms with van der Waals surface area (Å²) in [6.45, 7) is 0. The van der Waals surface area contributed by atoms with Crippen LogP contribution >= 0.6 is 0 Å². The van der Waals surface area contributed by atoms with Gasteiger partial charge in [-0.3, -0.25) is 0 Å². The van der Waals surface area contributed by atoms with E-state index < -0.39 is 0 Å². The Labute approximate surface area is 122 Å². The second-order valence-electron chi connectivity index (χ2n) is 4.95. The van der Waals surface area contributed by atoms with Crippen LogP contribution < -0.4 is 10.2 Å². The van der Waals surface area contributed by atoms with Crippen LogP contribution in [0.4, 0.5) is 17.5 Å². The van der Waals surface area contributed by atoms with E-state index in [9.17, 15) is 5.11 Å².